The maximum absolute atomic E-state index is 12.8. The van der Waals surface area contributed by atoms with Gasteiger partial charge in [0.15, 0.2) is 0 Å². The fraction of sp³-hybridized carbons (Fsp3) is 0.0938. The SMILES string of the molecule is COc1ccccc1NC(=O)C(C#N)=Cc1ccc(N2N=C(c3ccccc3)CC2c2ccccc2)cc1. The predicted molar refractivity (Wildman–Crippen MR) is 151 cm³/mol. The van der Waals surface area contributed by atoms with Gasteiger partial charge in [0.1, 0.15) is 17.4 Å². The number of para-hydroxylation sites is 2. The van der Waals surface area contributed by atoms with E-state index in [1.807, 2.05) is 77.8 Å². The number of carbonyl (C=O) groups excluding carboxylic acids is 1. The number of amides is 1. The van der Waals surface area contributed by atoms with Crippen LogP contribution in [0.5, 0.6) is 5.75 Å². The van der Waals surface area contributed by atoms with E-state index in [0.29, 0.717) is 11.4 Å². The summed E-state index contributed by atoms with van der Waals surface area (Å²) < 4.78 is 5.28. The van der Waals surface area contributed by atoms with Crippen molar-refractivity contribution in [1.82, 2.24) is 0 Å². The van der Waals surface area contributed by atoms with Crippen molar-refractivity contribution in [1.29, 1.82) is 5.26 Å². The quantitative estimate of drug-likeness (QED) is 0.230. The van der Waals surface area contributed by atoms with Gasteiger partial charge in [-0.15, -0.1) is 0 Å². The summed E-state index contributed by atoms with van der Waals surface area (Å²) in [6, 6.07) is 37.4. The lowest BCUT2D eigenvalue weighted by molar-refractivity contribution is -0.112. The Morgan fingerprint density at radius 1 is 0.947 bits per heavy atom. The molecule has 6 heteroatoms. The molecule has 0 saturated heterocycles. The molecule has 0 aliphatic carbocycles. The van der Waals surface area contributed by atoms with Crippen LogP contribution in [-0.2, 0) is 4.79 Å². The summed E-state index contributed by atoms with van der Waals surface area (Å²) in [7, 11) is 1.53. The first-order valence-electron chi connectivity index (χ1n) is 12.3. The van der Waals surface area contributed by atoms with Crippen LogP contribution in [0.3, 0.4) is 0 Å². The maximum Gasteiger partial charge on any atom is 0.266 e. The predicted octanol–water partition coefficient (Wildman–Crippen LogP) is 6.60. The molecule has 0 fully saturated rings. The van der Waals surface area contributed by atoms with Crippen molar-refractivity contribution < 1.29 is 9.53 Å². The third kappa shape index (κ3) is 5.32. The van der Waals surface area contributed by atoms with Gasteiger partial charge in [0.05, 0.1) is 30.2 Å². The third-order valence-electron chi connectivity index (χ3n) is 6.39. The van der Waals surface area contributed by atoms with Crippen molar-refractivity contribution in [3.05, 3.63) is 131 Å². The van der Waals surface area contributed by atoms with Gasteiger partial charge in [-0.2, -0.15) is 10.4 Å². The van der Waals surface area contributed by atoms with Crippen molar-refractivity contribution in [3.63, 3.8) is 0 Å². The number of nitrogens with zero attached hydrogens (tertiary/aromatic N) is 3. The fourth-order valence-electron chi connectivity index (χ4n) is 4.46. The molecule has 1 amide bonds. The highest BCUT2D eigenvalue weighted by atomic mass is 16.5. The molecule has 0 spiro atoms. The Morgan fingerprint density at radius 3 is 2.29 bits per heavy atom. The molecule has 4 aromatic rings. The van der Waals surface area contributed by atoms with E-state index >= 15 is 0 Å². The molecule has 0 radical (unpaired) electrons. The number of hydrogen-bond acceptors (Lipinski definition) is 5. The van der Waals surface area contributed by atoms with E-state index < -0.39 is 5.91 Å². The molecule has 186 valence electrons. The van der Waals surface area contributed by atoms with Crippen LogP contribution in [-0.4, -0.2) is 18.7 Å². The van der Waals surface area contributed by atoms with Crippen LogP contribution >= 0.6 is 0 Å². The Balaban J connectivity index is 1.40. The van der Waals surface area contributed by atoms with Gasteiger partial charge in [-0.25, -0.2) is 0 Å². The summed E-state index contributed by atoms with van der Waals surface area (Å²) >= 11 is 0. The Kier molecular flexibility index (Phi) is 7.28. The van der Waals surface area contributed by atoms with Crippen LogP contribution in [0.15, 0.2) is 120 Å². The average Bonchev–Trinajstić information content (AvgIpc) is 3.43. The van der Waals surface area contributed by atoms with Gasteiger partial charge < -0.3 is 10.1 Å². The second-order valence-electron chi connectivity index (χ2n) is 8.80. The topological polar surface area (TPSA) is 77.7 Å². The van der Waals surface area contributed by atoms with Crippen LogP contribution in [0, 0.1) is 11.3 Å². The molecule has 0 bridgehead atoms. The summed E-state index contributed by atoms with van der Waals surface area (Å²) in [5, 5.41) is 19.4. The molecule has 1 atom stereocenters. The van der Waals surface area contributed by atoms with Gasteiger partial charge in [-0.3, -0.25) is 9.80 Å². The monoisotopic (exact) mass is 498 g/mol. The lowest BCUT2D eigenvalue weighted by Crippen LogP contribution is -2.18. The zero-order valence-electron chi connectivity index (χ0n) is 20.9. The van der Waals surface area contributed by atoms with E-state index in [-0.39, 0.29) is 11.6 Å². The molecular weight excluding hydrogens is 472 g/mol. The van der Waals surface area contributed by atoms with Gasteiger partial charge in [-0.05, 0) is 47.0 Å². The van der Waals surface area contributed by atoms with Crippen molar-refractivity contribution in [2.45, 2.75) is 12.5 Å². The fourth-order valence-corrected chi connectivity index (χ4v) is 4.46. The summed E-state index contributed by atoms with van der Waals surface area (Å²) in [5.41, 5.74) is 5.49. The normalized spacial score (nSPS) is 14.9. The van der Waals surface area contributed by atoms with Crippen molar-refractivity contribution in [3.8, 4) is 11.8 Å². The van der Waals surface area contributed by atoms with Gasteiger partial charge in [0.2, 0.25) is 0 Å². The number of anilines is 2. The number of methoxy groups -OCH3 is 1. The van der Waals surface area contributed by atoms with Gasteiger partial charge in [0, 0.05) is 6.42 Å². The Morgan fingerprint density at radius 2 is 1.61 bits per heavy atom. The van der Waals surface area contributed by atoms with E-state index in [4.69, 9.17) is 9.84 Å². The molecule has 4 aromatic carbocycles. The number of nitriles is 1. The number of rotatable bonds is 7. The van der Waals surface area contributed by atoms with Crippen LogP contribution in [0.4, 0.5) is 11.4 Å². The maximum atomic E-state index is 12.8. The van der Waals surface area contributed by atoms with Crippen molar-refractivity contribution in [2.75, 3.05) is 17.4 Å². The first-order chi connectivity index (χ1) is 18.7. The number of hydrazone groups is 1. The largest absolute Gasteiger partial charge is 0.495 e. The van der Waals surface area contributed by atoms with Gasteiger partial charge >= 0.3 is 0 Å². The highest BCUT2D eigenvalue weighted by Gasteiger charge is 2.29. The van der Waals surface area contributed by atoms with Gasteiger partial charge in [-0.1, -0.05) is 84.9 Å². The Labute approximate surface area is 222 Å². The minimum atomic E-state index is -0.498. The molecule has 6 nitrogen and oxygen atoms in total. The summed E-state index contributed by atoms with van der Waals surface area (Å²) in [5.74, 6) is 0.0263. The molecule has 1 aliphatic heterocycles. The van der Waals surface area contributed by atoms with E-state index in [1.54, 1.807) is 24.3 Å². The minimum Gasteiger partial charge on any atom is -0.495 e. The van der Waals surface area contributed by atoms with E-state index in [1.165, 1.54) is 12.7 Å². The molecule has 0 saturated carbocycles. The second kappa shape index (κ2) is 11.3. The van der Waals surface area contributed by atoms with Crippen LogP contribution in [0.2, 0.25) is 0 Å². The molecule has 1 heterocycles. The number of ether oxygens (including phenoxy) is 1. The molecule has 1 N–H and O–H groups in total. The van der Waals surface area contributed by atoms with Crippen molar-refractivity contribution >= 4 is 29.1 Å². The average molecular weight is 499 g/mol. The van der Waals surface area contributed by atoms with Crippen LogP contribution in [0.1, 0.15) is 29.2 Å². The summed E-state index contributed by atoms with van der Waals surface area (Å²) in [6.07, 6.45) is 2.36. The van der Waals surface area contributed by atoms with E-state index in [0.717, 1.165) is 28.9 Å². The van der Waals surface area contributed by atoms with Crippen molar-refractivity contribution in [2.24, 2.45) is 5.10 Å². The number of benzene rings is 4. The zero-order chi connectivity index (χ0) is 26.3. The molecule has 5 rings (SSSR count). The number of hydrogen-bond donors (Lipinski definition) is 1. The second-order valence-corrected chi connectivity index (χ2v) is 8.80. The highest BCUT2D eigenvalue weighted by Crippen LogP contribution is 2.36. The Bertz CT molecular complexity index is 1520. The third-order valence-corrected chi connectivity index (χ3v) is 6.39. The molecular formula is C32H26N4O2. The standard InChI is InChI=1S/C32H26N4O2/c1-38-31-15-9-8-14-28(31)34-32(37)26(22-33)20-23-16-18-27(19-17-23)36-30(25-12-6-3-7-13-25)21-29(35-36)24-10-4-2-5-11-24/h2-20,30H,21H2,1H3,(H,34,37). The lowest BCUT2D eigenvalue weighted by atomic mass is 9.98. The Hall–Kier alpha value is -5.15. The molecule has 1 unspecified atom stereocenters. The van der Waals surface area contributed by atoms with Crippen LogP contribution in [0.25, 0.3) is 6.08 Å². The van der Waals surface area contributed by atoms with Crippen LogP contribution < -0.4 is 15.1 Å². The first-order valence-corrected chi connectivity index (χ1v) is 12.3. The molecule has 1 aliphatic rings. The zero-order valence-corrected chi connectivity index (χ0v) is 20.9. The summed E-state index contributed by atoms with van der Waals surface area (Å²) in [6.45, 7) is 0. The lowest BCUT2D eigenvalue weighted by Gasteiger charge is -2.24. The number of carbonyl (C=O) groups is 1. The first kappa shape index (κ1) is 24.5. The highest BCUT2D eigenvalue weighted by molar-refractivity contribution is 6.10. The number of nitrogens with one attached hydrogen (secondary N) is 1. The molecule has 0 aromatic heterocycles. The smallest absolute Gasteiger partial charge is 0.266 e. The van der Waals surface area contributed by atoms with Gasteiger partial charge in [0.25, 0.3) is 5.91 Å². The minimum absolute atomic E-state index is 0.00336. The molecule has 38 heavy (non-hydrogen) atoms. The van der Waals surface area contributed by atoms with E-state index in [9.17, 15) is 10.1 Å². The van der Waals surface area contributed by atoms with E-state index in [2.05, 4.69) is 29.6 Å². The summed E-state index contributed by atoms with van der Waals surface area (Å²) in [4.78, 5) is 12.8.